The molecule has 1 atom stereocenters. The van der Waals surface area contributed by atoms with Gasteiger partial charge in [0.1, 0.15) is 5.82 Å². The first-order valence-electron chi connectivity index (χ1n) is 9.22. The summed E-state index contributed by atoms with van der Waals surface area (Å²) in [5, 5.41) is 14.7. The van der Waals surface area contributed by atoms with Crippen LogP contribution in [-0.2, 0) is 4.79 Å². The van der Waals surface area contributed by atoms with Gasteiger partial charge >= 0.3 is 12.0 Å². The summed E-state index contributed by atoms with van der Waals surface area (Å²) in [6.07, 6.45) is 1.51. The highest BCUT2D eigenvalue weighted by Gasteiger charge is 2.34. The fourth-order valence-electron chi connectivity index (χ4n) is 3.39. The third-order valence-corrected chi connectivity index (χ3v) is 5.04. The second-order valence-corrected chi connectivity index (χ2v) is 7.16. The maximum atomic E-state index is 13.1. The molecule has 3 N–H and O–H groups in total. The fourth-order valence-corrected chi connectivity index (χ4v) is 3.39. The predicted octanol–water partition coefficient (Wildman–Crippen LogP) is 1.67. The van der Waals surface area contributed by atoms with Crippen molar-refractivity contribution < 1.29 is 19.1 Å². The van der Waals surface area contributed by atoms with Gasteiger partial charge < -0.3 is 20.6 Å². The number of amides is 2. The van der Waals surface area contributed by atoms with E-state index in [1.165, 1.54) is 12.1 Å². The Kier molecular flexibility index (Phi) is 7.55. The number of nitrogens with zero attached hydrogens (tertiary/aromatic N) is 2. The highest BCUT2D eigenvalue weighted by Crippen LogP contribution is 2.25. The standard InChI is InChI=1S/C19H29FN4O3/c1-4-24(12-18(25)26)16-9-15(10-16)22-19(27)21-11-17(23(2)3)13-5-7-14(20)8-6-13/h5-8,15-17H,4,9-12H2,1-3H3,(H,25,26)(H2,21,22,27). The monoisotopic (exact) mass is 380 g/mol. The number of urea groups is 1. The second kappa shape index (κ2) is 9.66. The molecular formula is C19H29FN4O3. The van der Waals surface area contributed by atoms with Crippen molar-refractivity contribution in [1.82, 2.24) is 20.4 Å². The number of carbonyl (C=O) groups excluding carboxylic acids is 1. The zero-order valence-corrected chi connectivity index (χ0v) is 16.1. The Morgan fingerprint density at radius 1 is 1.26 bits per heavy atom. The lowest BCUT2D eigenvalue weighted by Crippen LogP contribution is -2.56. The zero-order valence-electron chi connectivity index (χ0n) is 16.1. The molecule has 7 nitrogen and oxygen atoms in total. The van der Waals surface area contributed by atoms with E-state index in [4.69, 9.17) is 5.11 Å². The maximum Gasteiger partial charge on any atom is 0.317 e. The van der Waals surface area contributed by atoms with E-state index < -0.39 is 5.97 Å². The van der Waals surface area contributed by atoms with Gasteiger partial charge in [0.2, 0.25) is 0 Å². The highest BCUT2D eigenvalue weighted by molar-refractivity contribution is 5.74. The van der Waals surface area contributed by atoms with Gasteiger partial charge in [-0.1, -0.05) is 19.1 Å². The molecule has 150 valence electrons. The van der Waals surface area contributed by atoms with Crippen LogP contribution in [0.4, 0.5) is 9.18 Å². The number of halogens is 1. The van der Waals surface area contributed by atoms with Crippen LogP contribution in [0, 0.1) is 5.82 Å². The molecule has 1 aromatic rings. The Labute approximate surface area is 159 Å². The molecule has 27 heavy (non-hydrogen) atoms. The van der Waals surface area contributed by atoms with Gasteiger partial charge in [0.15, 0.2) is 0 Å². The van der Waals surface area contributed by atoms with Crippen LogP contribution in [0.5, 0.6) is 0 Å². The molecule has 2 rings (SSSR count). The molecule has 8 heteroatoms. The summed E-state index contributed by atoms with van der Waals surface area (Å²) >= 11 is 0. The molecule has 0 aromatic heterocycles. The second-order valence-electron chi connectivity index (χ2n) is 7.16. The first-order valence-corrected chi connectivity index (χ1v) is 9.22. The van der Waals surface area contributed by atoms with E-state index in [0.29, 0.717) is 13.1 Å². The first kappa shape index (κ1) is 21.1. The van der Waals surface area contributed by atoms with Gasteiger partial charge in [0.25, 0.3) is 0 Å². The van der Waals surface area contributed by atoms with Gasteiger partial charge in [0.05, 0.1) is 12.6 Å². The average molecular weight is 380 g/mol. The van der Waals surface area contributed by atoms with Gasteiger partial charge in [-0.2, -0.15) is 0 Å². The highest BCUT2D eigenvalue weighted by atomic mass is 19.1. The third kappa shape index (κ3) is 6.18. The molecule has 0 saturated heterocycles. The van der Waals surface area contributed by atoms with Crippen LogP contribution in [0.2, 0.25) is 0 Å². The summed E-state index contributed by atoms with van der Waals surface area (Å²) in [5.41, 5.74) is 0.928. The Bertz CT molecular complexity index is 632. The minimum Gasteiger partial charge on any atom is -0.480 e. The summed E-state index contributed by atoms with van der Waals surface area (Å²) in [6.45, 7) is 3.05. The third-order valence-electron chi connectivity index (χ3n) is 5.04. The molecule has 0 heterocycles. The Balaban J connectivity index is 1.77. The van der Waals surface area contributed by atoms with Crippen LogP contribution in [-0.4, -0.2) is 72.7 Å². The molecule has 0 spiro atoms. The van der Waals surface area contributed by atoms with Crippen LogP contribution in [0.25, 0.3) is 0 Å². The van der Waals surface area contributed by atoms with Gasteiger partial charge in [-0.3, -0.25) is 9.69 Å². The Hall–Kier alpha value is -2.19. The first-order chi connectivity index (χ1) is 12.8. The Morgan fingerprint density at radius 3 is 2.41 bits per heavy atom. The van der Waals surface area contributed by atoms with E-state index in [1.807, 2.05) is 30.8 Å². The summed E-state index contributed by atoms with van der Waals surface area (Å²) in [4.78, 5) is 26.9. The largest absolute Gasteiger partial charge is 0.480 e. The van der Waals surface area contributed by atoms with E-state index in [9.17, 15) is 14.0 Å². The number of carbonyl (C=O) groups is 2. The number of carboxylic acids is 1. The van der Waals surface area contributed by atoms with Gasteiger partial charge in [0, 0.05) is 18.6 Å². The van der Waals surface area contributed by atoms with Crippen molar-refractivity contribution in [2.45, 2.75) is 37.9 Å². The van der Waals surface area contributed by atoms with E-state index >= 15 is 0 Å². The number of rotatable bonds is 9. The molecule has 0 bridgehead atoms. The topological polar surface area (TPSA) is 84.9 Å². The van der Waals surface area contributed by atoms with Crippen molar-refractivity contribution in [3.05, 3.63) is 35.6 Å². The molecule has 0 aliphatic heterocycles. The summed E-state index contributed by atoms with van der Waals surface area (Å²) in [7, 11) is 3.82. The molecule has 2 amide bonds. The van der Waals surface area contributed by atoms with Crippen LogP contribution in [0.3, 0.4) is 0 Å². The van der Waals surface area contributed by atoms with Gasteiger partial charge in [-0.25, -0.2) is 9.18 Å². The summed E-state index contributed by atoms with van der Waals surface area (Å²) < 4.78 is 13.1. The normalized spacial score (nSPS) is 20.2. The number of hydrogen-bond acceptors (Lipinski definition) is 4. The molecule has 0 radical (unpaired) electrons. The Morgan fingerprint density at radius 2 is 1.89 bits per heavy atom. The SMILES string of the molecule is CCN(CC(=O)O)C1CC(NC(=O)NCC(c2ccc(F)cc2)N(C)C)C1. The lowest BCUT2D eigenvalue weighted by molar-refractivity contribution is -0.139. The average Bonchev–Trinajstić information content (AvgIpc) is 2.57. The van der Waals surface area contributed by atoms with Crippen LogP contribution in [0.1, 0.15) is 31.4 Å². The lowest BCUT2D eigenvalue weighted by Gasteiger charge is -2.42. The fraction of sp³-hybridized carbons (Fsp3) is 0.579. The van der Waals surface area contributed by atoms with Crippen molar-refractivity contribution in [2.24, 2.45) is 0 Å². The van der Waals surface area contributed by atoms with Crippen molar-refractivity contribution in [3.8, 4) is 0 Å². The molecule has 1 aromatic carbocycles. The van der Waals surface area contributed by atoms with Crippen molar-refractivity contribution in [2.75, 3.05) is 33.7 Å². The maximum absolute atomic E-state index is 13.1. The van der Waals surface area contributed by atoms with E-state index in [0.717, 1.165) is 18.4 Å². The van der Waals surface area contributed by atoms with Crippen molar-refractivity contribution in [3.63, 3.8) is 0 Å². The molecular weight excluding hydrogens is 351 g/mol. The number of nitrogens with one attached hydrogen (secondary N) is 2. The summed E-state index contributed by atoms with van der Waals surface area (Å²) in [6, 6.07) is 6.22. The van der Waals surface area contributed by atoms with E-state index in [-0.39, 0.29) is 36.5 Å². The number of likely N-dealkylation sites (N-methyl/N-ethyl adjacent to an activating group) is 2. The molecule has 1 aliphatic rings. The lowest BCUT2D eigenvalue weighted by atomic mass is 9.85. The van der Waals surface area contributed by atoms with Gasteiger partial charge in [-0.15, -0.1) is 0 Å². The number of hydrogen-bond donors (Lipinski definition) is 3. The van der Waals surface area contributed by atoms with Crippen LogP contribution < -0.4 is 10.6 Å². The molecule has 1 fully saturated rings. The predicted molar refractivity (Wildman–Crippen MR) is 101 cm³/mol. The van der Waals surface area contributed by atoms with Crippen molar-refractivity contribution >= 4 is 12.0 Å². The van der Waals surface area contributed by atoms with Gasteiger partial charge in [-0.05, 0) is 51.2 Å². The number of aliphatic carboxylic acids is 1. The molecule has 1 unspecified atom stereocenters. The summed E-state index contributed by atoms with van der Waals surface area (Å²) in [5.74, 6) is -1.12. The smallest absolute Gasteiger partial charge is 0.317 e. The van der Waals surface area contributed by atoms with Crippen LogP contribution >= 0.6 is 0 Å². The van der Waals surface area contributed by atoms with E-state index in [2.05, 4.69) is 10.6 Å². The quantitative estimate of drug-likeness (QED) is 0.607. The minimum atomic E-state index is -0.832. The van der Waals surface area contributed by atoms with Crippen LogP contribution in [0.15, 0.2) is 24.3 Å². The number of benzene rings is 1. The minimum absolute atomic E-state index is 0.0300. The van der Waals surface area contributed by atoms with Crippen molar-refractivity contribution in [1.29, 1.82) is 0 Å². The molecule has 1 aliphatic carbocycles. The zero-order chi connectivity index (χ0) is 20.0. The van der Waals surface area contributed by atoms with E-state index in [1.54, 1.807) is 12.1 Å². The number of carboxylic acid groups (broad SMARTS) is 1. The molecule has 1 saturated carbocycles.